The minimum atomic E-state index is -0.396. The summed E-state index contributed by atoms with van der Waals surface area (Å²) in [6, 6.07) is 0.192. The number of anilines is 2. The lowest BCUT2D eigenvalue weighted by Crippen LogP contribution is -2.38. The number of carbonyl (C=O) groups excluding carboxylic acids is 1. The molecule has 128 valence electrons. The number of aromatic nitrogens is 3. The maximum Gasteiger partial charge on any atom is 0.247 e. The summed E-state index contributed by atoms with van der Waals surface area (Å²) in [5.74, 6) is 5.98. The van der Waals surface area contributed by atoms with E-state index in [4.69, 9.17) is 10.6 Å². The van der Waals surface area contributed by atoms with Crippen molar-refractivity contribution in [3.8, 4) is 0 Å². The van der Waals surface area contributed by atoms with Crippen molar-refractivity contribution < 1.29 is 9.53 Å². The molecule has 4 N–H and O–H groups in total. The molecule has 9 nitrogen and oxygen atoms in total. The largest absolute Gasteiger partial charge is 0.378 e. The number of nitrogens with two attached hydrogens (primary N) is 1. The standard InChI is InChI=1S/C13H23N7O2S/c1-8(2)15-11-16-12(20-4-6-22-7-5-20)18-13(17-11)23-9(3)10(21)19-14/h8-9H,4-7,14H2,1-3H3,(H,19,21)(H,15,16,17,18). The van der Waals surface area contributed by atoms with E-state index in [-0.39, 0.29) is 11.9 Å². The second-order valence-electron chi connectivity index (χ2n) is 5.41. The fourth-order valence-corrected chi connectivity index (χ4v) is 2.72. The lowest BCUT2D eigenvalue weighted by Gasteiger charge is -2.27. The monoisotopic (exact) mass is 341 g/mol. The zero-order valence-electron chi connectivity index (χ0n) is 13.6. The highest BCUT2D eigenvalue weighted by molar-refractivity contribution is 8.00. The van der Waals surface area contributed by atoms with Crippen molar-refractivity contribution in [1.82, 2.24) is 20.4 Å². The third-order valence-electron chi connectivity index (χ3n) is 3.11. The number of nitrogens with one attached hydrogen (secondary N) is 2. The number of hydrogen-bond acceptors (Lipinski definition) is 9. The van der Waals surface area contributed by atoms with Gasteiger partial charge in [0.15, 0.2) is 5.16 Å². The molecule has 1 aliphatic heterocycles. The van der Waals surface area contributed by atoms with Gasteiger partial charge in [0.25, 0.3) is 0 Å². The molecule has 2 rings (SSSR count). The summed E-state index contributed by atoms with van der Waals surface area (Å²) < 4.78 is 5.36. The van der Waals surface area contributed by atoms with Gasteiger partial charge < -0.3 is 15.0 Å². The number of thioether (sulfide) groups is 1. The van der Waals surface area contributed by atoms with Gasteiger partial charge in [0.1, 0.15) is 0 Å². The molecule has 0 aromatic carbocycles. The third-order valence-corrected chi connectivity index (χ3v) is 4.07. The van der Waals surface area contributed by atoms with Crippen LogP contribution in [0.2, 0.25) is 0 Å². The van der Waals surface area contributed by atoms with E-state index in [2.05, 4.69) is 30.6 Å². The second-order valence-corrected chi connectivity index (χ2v) is 6.72. The Morgan fingerprint density at radius 2 is 1.96 bits per heavy atom. The SMILES string of the molecule is CC(C)Nc1nc(SC(C)C(=O)NN)nc(N2CCOCC2)n1. The zero-order valence-corrected chi connectivity index (χ0v) is 14.4. The Hall–Kier alpha value is -1.65. The number of morpholine rings is 1. The van der Waals surface area contributed by atoms with Crippen LogP contribution in [0.1, 0.15) is 20.8 Å². The van der Waals surface area contributed by atoms with Gasteiger partial charge in [-0.2, -0.15) is 15.0 Å². The van der Waals surface area contributed by atoms with Gasteiger partial charge in [0.05, 0.1) is 18.5 Å². The second kappa shape index (κ2) is 8.27. The number of amides is 1. The van der Waals surface area contributed by atoms with Gasteiger partial charge >= 0.3 is 0 Å². The quantitative estimate of drug-likeness (QED) is 0.284. The first-order chi connectivity index (χ1) is 11.0. The minimum Gasteiger partial charge on any atom is -0.378 e. The molecule has 1 atom stereocenters. The lowest BCUT2D eigenvalue weighted by molar-refractivity contribution is -0.120. The predicted octanol–water partition coefficient (Wildman–Crippen LogP) is -0.001000. The van der Waals surface area contributed by atoms with Gasteiger partial charge in [0, 0.05) is 19.1 Å². The smallest absolute Gasteiger partial charge is 0.247 e. The molecule has 1 unspecified atom stereocenters. The first kappa shape index (κ1) is 17.7. The van der Waals surface area contributed by atoms with Crippen molar-refractivity contribution in [1.29, 1.82) is 0 Å². The van der Waals surface area contributed by atoms with Crippen molar-refractivity contribution in [3.05, 3.63) is 0 Å². The molecule has 1 aromatic heterocycles. The molecule has 10 heteroatoms. The summed E-state index contributed by atoms with van der Waals surface area (Å²) in [4.78, 5) is 27.0. The van der Waals surface area contributed by atoms with Crippen molar-refractivity contribution >= 4 is 29.6 Å². The molecular weight excluding hydrogens is 318 g/mol. The van der Waals surface area contributed by atoms with E-state index >= 15 is 0 Å². The van der Waals surface area contributed by atoms with Gasteiger partial charge in [-0.15, -0.1) is 0 Å². The molecule has 1 aliphatic rings. The number of carbonyl (C=O) groups is 1. The van der Waals surface area contributed by atoms with Crippen molar-refractivity contribution in [2.45, 2.75) is 37.2 Å². The molecule has 0 radical (unpaired) electrons. The summed E-state index contributed by atoms with van der Waals surface area (Å²) in [6.07, 6.45) is 0. The van der Waals surface area contributed by atoms with Crippen LogP contribution in [-0.2, 0) is 9.53 Å². The van der Waals surface area contributed by atoms with E-state index in [1.807, 2.05) is 13.8 Å². The Kier molecular flexibility index (Phi) is 6.37. The van der Waals surface area contributed by atoms with Crippen LogP contribution in [0.25, 0.3) is 0 Å². The molecule has 23 heavy (non-hydrogen) atoms. The van der Waals surface area contributed by atoms with Gasteiger partial charge in [-0.3, -0.25) is 10.2 Å². The van der Waals surface area contributed by atoms with Crippen LogP contribution in [0, 0.1) is 0 Å². The van der Waals surface area contributed by atoms with Gasteiger partial charge in [-0.05, 0) is 20.8 Å². The molecule has 2 heterocycles. The average Bonchev–Trinajstić information content (AvgIpc) is 2.54. The number of rotatable bonds is 6. The normalized spacial score (nSPS) is 16.3. The van der Waals surface area contributed by atoms with E-state index in [0.717, 1.165) is 13.1 Å². The maximum atomic E-state index is 11.6. The van der Waals surface area contributed by atoms with Crippen LogP contribution in [0.4, 0.5) is 11.9 Å². The number of hydrogen-bond donors (Lipinski definition) is 3. The van der Waals surface area contributed by atoms with Gasteiger partial charge in [-0.25, -0.2) is 5.84 Å². The van der Waals surface area contributed by atoms with Crippen LogP contribution in [0.15, 0.2) is 5.16 Å². The highest BCUT2D eigenvalue weighted by Gasteiger charge is 2.20. The van der Waals surface area contributed by atoms with Crippen LogP contribution in [-0.4, -0.2) is 58.5 Å². The fourth-order valence-electron chi connectivity index (χ4n) is 1.96. The van der Waals surface area contributed by atoms with E-state index in [1.165, 1.54) is 11.8 Å². The van der Waals surface area contributed by atoms with Crippen molar-refractivity contribution in [2.75, 3.05) is 36.5 Å². The molecule has 0 bridgehead atoms. The fraction of sp³-hybridized carbons (Fsp3) is 0.692. The molecule has 1 saturated heterocycles. The molecular formula is C13H23N7O2S. The Bertz CT molecular complexity index is 537. The summed E-state index contributed by atoms with van der Waals surface area (Å²) >= 11 is 1.24. The summed E-state index contributed by atoms with van der Waals surface area (Å²) in [5, 5.41) is 3.27. The summed E-state index contributed by atoms with van der Waals surface area (Å²) in [6.45, 7) is 8.52. The van der Waals surface area contributed by atoms with Crippen LogP contribution in [0.5, 0.6) is 0 Å². The molecule has 0 aliphatic carbocycles. The summed E-state index contributed by atoms with van der Waals surface area (Å²) in [5.41, 5.74) is 2.14. The zero-order chi connectivity index (χ0) is 16.8. The van der Waals surface area contributed by atoms with Crippen molar-refractivity contribution in [2.24, 2.45) is 5.84 Å². The molecule has 0 saturated carbocycles. The van der Waals surface area contributed by atoms with Crippen molar-refractivity contribution in [3.63, 3.8) is 0 Å². The average molecular weight is 341 g/mol. The van der Waals surface area contributed by atoms with Gasteiger partial charge in [0.2, 0.25) is 17.8 Å². The molecule has 0 spiro atoms. The van der Waals surface area contributed by atoms with Crippen LogP contribution >= 0.6 is 11.8 Å². The van der Waals surface area contributed by atoms with E-state index in [1.54, 1.807) is 6.92 Å². The topological polar surface area (TPSA) is 118 Å². The summed E-state index contributed by atoms with van der Waals surface area (Å²) in [7, 11) is 0. The maximum absolute atomic E-state index is 11.6. The van der Waals surface area contributed by atoms with Crippen LogP contribution < -0.4 is 21.5 Å². The molecule has 1 aromatic rings. The van der Waals surface area contributed by atoms with E-state index in [0.29, 0.717) is 30.3 Å². The number of nitrogens with zero attached hydrogens (tertiary/aromatic N) is 4. The molecule has 1 fully saturated rings. The third kappa shape index (κ3) is 5.19. The highest BCUT2D eigenvalue weighted by atomic mass is 32.2. The predicted molar refractivity (Wildman–Crippen MR) is 89.3 cm³/mol. The Morgan fingerprint density at radius 3 is 2.57 bits per heavy atom. The lowest BCUT2D eigenvalue weighted by atomic mass is 10.4. The molecule has 1 amide bonds. The van der Waals surface area contributed by atoms with E-state index < -0.39 is 5.25 Å². The van der Waals surface area contributed by atoms with E-state index in [9.17, 15) is 4.79 Å². The van der Waals surface area contributed by atoms with Gasteiger partial charge in [-0.1, -0.05) is 11.8 Å². The first-order valence-corrected chi connectivity index (χ1v) is 8.40. The highest BCUT2D eigenvalue weighted by Crippen LogP contribution is 2.23. The Balaban J connectivity index is 2.23. The first-order valence-electron chi connectivity index (χ1n) is 7.52. The number of hydrazine groups is 1. The number of ether oxygens (including phenoxy) is 1. The Morgan fingerprint density at radius 1 is 1.26 bits per heavy atom. The Labute approximate surface area is 139 Å². The minimum absolute atomic E-state index is 0.192. The van der Waals surface area contributed by atoms with Crippen LogP contribution in [0.3, 0.4) is 0 Å².